The van der Waals surface area contributed by atoms with Gasteiger partial charge in [0, 0.05) is 6.42 Å². The van der Waals surface area contributed by atoms with E-state index in [9.17, 15) is 9.18 Å². The molecule has 0 saturated carbocycles. The lowest BCUT2D eigenvalue weighted by Crippen LogP contribution is -2.17. The highest BCUT2D eigenvalue weighted by molar-refractivity contribution is 6.00. The fourth-order valence-electron chi connectivity index (χ4n) is 1.33. The second-order valence-corrected chi connectivity index (χ2v) is 2.86. The number of carbonyl (C=O) groups excluding carboxylic acids is 1. The Kier molecular flexibility index (Phi) is 1.69. The summed E-state index contributed by atoms with van der Waals surface area (Å²) >= 11 is 0. The van der Waals surface area contributed by atoms with Gasteiger partial charge in [0.05, 0.1) is 17.9 Å². The molecule has 1 heterocycles. The molecule has 1 aliphatic heterocycles. The molecule has 4 heteroatoms. The number of benzene rings is 1. The van der Waals surface area contributed by atoms with Crippen molar-refractivity contribution in [2.24, 2.45) is 0 Å². The number of fused-ring (bicyclic) bond motifs is 1. The van der Waals surface area contributed by atoms with Gasteiger partial charge >= 0.3 is 0 Å². The van der Waals surface area contributed by atoms with Crippen molar-refractivity contribution in [1.29, 1.82) is 0 Å². The van der Waals surface area contributed by atoms with E-state index in [1.54, 1.807) is 0 Å². The monoisotopic (exact) mass is 181 g/mol. The molecule has 1 aromatic carbocycles. The smallest absolute Gasteiger partial charge is 0.173 e. The van der Waals surface area contributed by atoms with E-state index >= 15 is 0 Å². The third-order valence-electron chi connectivity index (χ3n) is 2.00. The number of hydrogen-bond donors (Lipinski definition) is 1. The summed E-state index contributed by atoms with van der Waals surface area (Å²) in [6.45, 7) is 0.315. The minimum atomic E-state index is -0.665. The first-order chi connectivity index (χ1) is 6.20. The average Bonchev–Trinajstić information content (AvgIpc) is 2.12. The molecule has 0 fully saturated rings. The average molecular weight is 181 g/mol. The maximum atomic E-state index is 13.3. The largest absolute Gasteiger partial charge is 0.492 e. The van der Waals surface area contributed by atoms with E-state index < -0.39 is 5.82 Å². The van der Waals surface area contributed by atoms with Crippen molar-refractivity contribution in [2.45, 2.75) is 6.42 Å². The number of carbonyl (C=O) groups is 1. The topological polar surface area (TPSA) is 52.3 Å². The number of nitrogens with two attached hydrogens (primary N) is 1. The second kappa shape index (κ2) is 2.73. The van der Waals surface area contributed by atoms with Gasteiger partial charge in [0.15, 0.2) is 11.6 Å². The van der Waals surface area contributed by atoms with Crippen molar-refractivity contribution >= 4 is 11.5 Å². The maximum Gasteiger partial charge on any atom is 0.173 e. The predicted molar refractivity (Wildman–Crippen MR) is 45.3 cm³/mol. The lowest BCUT2D eigenvalue weighted by Gasteiger charge is -2.16. The van der Waals surface area contributed by atoms with E-state index in [-0.39, 0.29) is 23.5 Å². The predicted octanol–water partition coefficient (Wildman–Crippen LogP) is 1.37. The summed E-state index contributed by atoms with van der Waals surface area (Å²) in [5, 5.41) is 0. The molecule has 0 atom stereocenters. The van der Waals surface area contributed by atoms with Crippen LogP contribution in [0.5, 0.6) is 5.75 Å². The Balaban J connectivity index is 2.65. The van der Waals surface area contributed by atoms with Gasteiger partial charge in [-0.05, 0) is 12.1 Å². The van der Waals surface area contributed by atoms with Gasteiger partial charge in [-0.1, -0.05) is 0 Å². The van der Waals surface area contributed by atoms with Crippen LogP contribution in [-0.4, -0.2) is 12.4 Å². The molecule has 1 aromatic rings. The van der Waals surface area contributed by atoms with Gasteiger partial charge in [-0.15, -0.1) is 0 Å². The van der Waals surface area contributed by atoms with Crippen molar-refractivity contribution in [3.05, 3.63) is 23.5 Å². The van der Waals surface area contributed by atoms with E-state index in [2.05, 4.69) is 0 Å². The molecule has 13 heavy (non-hydrogen) atoms. The summed E-state index contributed by atoms with van der Waals surface area (Å²) in [6.07, 6.45) is 0.216. The third-order valence-corrected chi connectivity index (χ3v) is 2.00. The molecule has 0 aliphatic carbocycles. The normalized spacial score (nSPS) is 15.0. The first-order valence-corrected chi connectivity index (χ1v) is 3.94. The minimum absolute atomic E-state index is 0.00810. The molecule has 2 N–H and O–H groups in total. The summed E-state index contributed by atoms with van der Waals surface area (Å²) < 4.78 is 18.4. The fraction of sp³-hybridized carbons (Fsp3) is 0.222. The van der Waals surface area contributed by atoms with Crippen LogP contribution in [0.25, 0.3) is 0 Å². The van der Waals surface area contributed by atoms with E-state index in [1.807, 2.05) is 0 Å². The van der Waals surface area contributed by atoms with Crippen LogP contribution < -0.4 is 10.5 Å². The zero-order chi connectivity index (χ0) is 9.42. The molecule has 0 amide bonds. The molecule has 1 aliphatic rings. The highest BCUT2D eigenvalue weighted by Crippen LogP contribution is 2.29. The molecule has 2 rings (SSSR count). The molecular weight excluding hydrogens is 173 g/mol. The molecule has 0 bridgehead atoms. The fourth-order valence-corrected chi connectivity index (χ4v) is 1.33. The summed E-state index contributed by atoms with van der Waals surface area (Å²) in [7, 11) is 0. The molecule has 68 valence electrons. The highest BCUT2D eigenvalue weighted by atomic mass is 19.1. The zero-order valence-corrected chi connectivity index (χ0v) is 6.84. The van der Waals surface area contributed by atoms with Crippen molar-refractivity contribution in [2.75, 3.05) is 12.3 Å². The van der Waals surface area contributed by atoms with Crippen LogP contribution in [0.1, 0.15) is 16.8 Å². The minimum Gasteiger partial charge on any atom is -0.492 e. The lowest BCUT2D eigenvalue weighted by molar-refractivity contribution is 0.0928. The molecule has 0 radical (unpaired) electrons. The van der Waals surface area contributed by atoms with Gasteiger partial charge in [-0.2, -0.15) is 0 Å². The van der Waals surface area contributed by atoms with Gasteiger partial charge in [0.25, 0.3) is 0 Å². The van der Waals surface area contributed by atoms with Crippen LogP contribution in [0.4, 0.5) is 10.1 Å². The van der Waals surface area contributed by atoms with E-state index in [1.165, 1.54) is 12.1 Å². The number of rotatable bonds is 0. The molecule has 0 saturated heterocycles. The zero-order valence-electron chi connectivity index (χ0n) is 6.84. The van der Waals surface area contributed by atoms with Crippen LogP contribution in [0.15, 0.2) is 12.1 Å². The summed E-state index contributed by atoms with van der Waals surface area (Å²) in [5.41, 5.74) is 5.30. The Labute approximate surface area is 74.3 Å². The van der Waals surface area contributed by atoms with Crippen molar-refractivity contribution < 1.29 is 13.9 Å². The highest BCUT2D eigenvalue weighted by Gasteiger charge is 2.23. The Bertz CT molecular complexity index is 376. The molecular formula is C9H8FNO2. The van der Waals surface area contributed by atoms with Gasteiger partial charge in [-0.25, -0.2) is 4.39 Å². The lowest BCUT2D eigenvalue weighted by atomic mass is 10.0. The molecule has 0 aromatic heterocycles. The Morgan fingerprint density at radius 3 is 3.00 bits per heavy atom. The van der Waals surface area contributed by atoms with Gasteiger partial charge in [0.1, 0.15) is 5.75 Å². The van der Waals surface area contributed by atoms with Crippen molar-refractivity contribution in [1.82, 2.24) is 0 Å². The number of Topliss-reactive ketones (excluding diaryl/α,β-unsaturated/α-hetero) is 1. The Morgan fingerprint density at radius 1 is 1.46 bits per heavy atom. The Morgan fingerprint density at radius 2 is 2.23 bits per heavy atom. The van der Waals surface area contributed by atoms with Gasteiger partial charge in [0.2, 0.25) is 0 Å². The van der Waals surface area contributed by atoms with Crippen LogP contribution in [0.2, 0.25) is 0 Å². The van der Waals surface area contributed by atoms with Gasteiger partial charge in [-0.3, -0.25) is 4.79 Å². The second-order valence-electron chi connectivity index (χ2n) is 2.86. The first kappa shape index (κ1) is 8.04. The molecule has 0 unspecified atom stereocenters. The number of ketones is 1. The van der Waals surface area contributed by atoms with E-state index in [0.717, 1.165) is 0 Å². The number of ether oxygens (including phenoxy) is 1. The number of hydrogen-bond acceptors (Lipinski definition) is 3. The SMILES string of the molecule is Nc1ccc2c(c1F)C(=O)CCO2. The van der Waals surface area contributed by atoms with Crippen LogP contribution in [0, 0.1) is 5.82 Å². The van der Waals surface area contributed by atoms with E-state index in [0.29, 0.717) is 12.4 Å². The summed E-state index contributed by atoms with van der Waals surface area (Å²) in [4.78, 5) is 11.3. The number of nitrogen functional groups attached to an aromatic ring is 1. The first-order valence-electron chi connectivity index (χ1n) is 3.94. The molecule has 0 spiro atoms. The summed E-state index contributed by atoms with van der Waals surface area (Å²) in [6, 6.07) is 2.91. The van der Waals surface area contributed by atoms with Crippen molar-refractivity contribution in [3.63, 3.8) is 0 Å². The third kappa shape index (κ3) is 1.14. The molecule has 3 nitrogen and oxygen atoms in total. The van der Waals surface area contributed by atoms with Crippen LogP contribution in [-0.2, 0) is 0 Å². The van der Waals surface area contributed by atoms with E-state index in [4.69, 9.17) is 10.5 Å². The quantitative estimate of drug-likeness (QED) is 0.615. The van der Waals surface area contributed by atoms with Crippen LogP contribution >= 0.6 is 0 Å². The van der Waals surface area contributed by atoms with Crippen LogP contribution in [0.3, 0.4) is 0 Å². The Hall–Kier alpha value is -1.58. The standard InChI is InChI=1S/C9H8FNO2/c10-9-5(11)1-2-7-8(9)6(12)3-4-13-7/h1-2H,3-4,11H2. The summed E-state index contributed by atoms with van der Waals surface area (Å²) in [5.74, 6) is -0.615. The van der Waals surface area contributed by atoms with Crippen molar-refractivity contribution in [3.8, 4) is 5.75 Å². The maximum absolute atomic E-state index is 13.3. The van der Waals surface area contributed by atoms with Gasteiger partial charge < -0.3 is 10.5 Å². The number of halogens is 1. The number of anilines is 1.